The first-order valence-electron chi connectivity index (χ1n) is 6.65. The molecule has 0 spiro atoms. The van der Waals surface area contributed by atoms with E-state index >= 15 is 0 Å². The summed E-state index contributed by atoms with van der Waals surface area (Å²) >= 11 is 0. The molecule has 0 atom stereocenters. The van der Waals surface area contributed by atoms with Crippen LogP contribution in [0.1, 0.15) is 52.0 Å². The Morgan fingerprint density at radius 3 is 2.67 bits per heavy atom. The molecule has 0 saturated carbocycles. The first-order valence-corrected chi connectivity index (χ1v) is 6.65. The number of nitriles is 1. The normalized spacial score (nSPS) is 11.3. The molecule has 0 unspecified atom stereocenters. The molecule has 0 bridgehead atoms. The predicted molar refractivity (Wildman–Crippen MR) is 77.6 cm³/mol. The van der Waals surface area contributed by atoms with Crippen LogP contribution < -0.4 is 5.32 Å². The van der Waals surface area contributed by atoms with Crippen LogP contribution in [0.2, 0.25) is 0 Å². The van der Waals surface area contributed by atoms with Crippen molar-refractivity contribution in [3.8, 4) is 6.07 Å². The van der Waals surface area contributed by atoms with Crippen LogP contribution in [0.15, 0.2) is 24.3 Å². The number of hydrogen-bond donors (Lipinski definition) is 1. The summed E-state index contributed by atoms with van der Waals surface area (Å²) in [5.74, 6) is 0.554. The minimum Gasteiger partial charge on any atom is -0.385 e. The molecule has 1 aromatic rings. The summed E-state index contributed by atoms with van der Waals surface area (Å²) in [6.07, 6.45) is 1.56. The molecular weight excluding hydrogens is 220 g/mol. The monoisotopic (exact) mass is 244 g/mol. The van der Waals surface area contributed by atoms with E-state index in [1.165, 1.54) is 11.3 Å². The van der Waals surface area contributed by atoms with E-state index in [9.17, 15) is 0 Å². The van der Waals surface area contributed by atoms with Crippen LogP contribution in [0, 0.1) is 16.7 Å². The van der Waals surface area contributed by atoms with Crippen molar-refractivity contribution < 1.29 is 0 Å². The van der Waals surface area contributed by atoms with Crippen molar-refractivity contribution in [2.75, 3.05) is 11.9 Å². The van der Waals surface area contributed by atoms with Gasteiger partial charge in [0.1, 0.15) is 0 Å². The number of hydrogen-bond acceptors (Lipinski definition) is 2. The topological polar surface area (TPSA) is 35.8 Å². The van der Waals surface area contributed by atoms with Crippen molar-refractivity contribution in [1.29, 1.82) is 5.26 Å². The zero-order valence-corrected chi connectivity index (χ0v) is 12.0. The second-order valence-corrected chi connectivity index (χ2v) is 5.96. The maximum atomic E-state index is 8.64. The first-order chi connectivity index (χ1) is 8.44. The Bertz CT molecular complexity index is 413. The molecule has 1 N–H and O–H groups in total. The lowest BCUT2D eigenvalue weighted by Crippen LogP contribution is -2.22. The van der Waals surface area contributed by atoms with E-state index < -0.39 is 0 Å². The highest BCUT2D eigenvalue weighted by molar-refractivity contribution is 5.46. The fraction of sp³-hybridized carbons (Fsp3) is 0.562. The lowest BCUT2D eigenvalue weighted by Gasteiger charge is -2.24. The van der Waals surface area contributed by atoms with Gasteiger partial charge in [0.05, 0.1) is 6.07 Å². The highest BCUT2D eigenvalue weighted by atomic mass is 14.9. The predicted octanol–water partition coefficient (Wildman–Crippen LogP) is 4.55. The van der Waals surface area contributed by atoms with E-state index in [2.05, 4.69) is 63.3 Å². The van der Waals surface area contributed by atoms with E-state index in [0.29, 0.717) is 12.3 Å². The van der Waals surface area contributed by atoms with Gasteiger partial charge in [0, 0.05) is 18.7 Å². The summed E-state index contributed by atoms with van der Waals surface area (Å²) < 4.78 is 0. The fourth-order valence-corrected chi connectivity index (χ4v) is 1.83. The molecule has 0 aromatic heterocycles. The lowest BCUT2D eigenvalue weighted by atomic mass is 9.88. The van der Waals surface area contributed by atoms with Gasteiger partial charge < -0.3 is 5.32 Å². The van der Waals surface area contributed by atoms with Crippen molar-refractivity contribution in [2.45, 2.75) is 46.5 Å². The van der Waals surface area contributed by atoms with Crippen LogP contribution in [0.5, 0.6) is 0 Å². The Labute approximate surface area is 111 Å². The quantitative estimate of drug-likeness (QED) is 0.796. The van der Waals surface area contributed by atoms with E-state index in [1.54, 1.807) is 0 Å². The molecule has 2 nitrogen and oxygen atoms in total. The maximum Gasteiger partial charge on any atom is 0.0621 e. The first kappa shape index (κ1) is 14.6. The van der Waals surface area contributed by atoms with Gasteiger partial charge in [0.2, 0.25) is 0 Å². The van der Waals surface area contributed by atoms with E-state index in [4.69, 9.17) is 5.26 Å². The number of benzene rings is 1. The largest absolute Gasteiger partial charge is 0.385 e. The number of nitrogens with zero attached hydrogens (tertiary/aromatic N) is 1. The molecule has 0 amide bonds. The third-order valence-electron chi connectivity index (χ3n) is 3.24. The van der Waals surface area contributed by atoms with Gasteiger partial charge in [0.25, 0.3) is 0 Å². The summed E-state index contributed by atoms with van der Waals surface area (Å²) in [6.45, 7) is 9.70. The highest BCUT2D eigenvalue weighted by Gasteiger charge is 2.17. The summed E-state index contributed by atoms with van der Waals surface area (Å²) in [5, 5.41) is 12.1. The van der Waals surface area contributed by atoms with Gasteiger partial charge in [-0.05, 0) is 35.4 Å². The summed E-state index contributed by atoms with van der Waals surface area (Å²) in [5.41, 5.74) is 2.69. The highest BCUT2D eigenvalue weighted by Crippen LogP contribution is 2.24. The standard InChI is InChI=1S/C16H24N2/c1-13(2)14-7-5-8-15(11-14)18-12-16(3,4)9-6-10-17/h5,7-8,11,13,18H,6,9,12H2,1-4H3. The van der Waals surface area contributed by atoms with Crippen LogP contribution in [0.3, 0.4) is 0 Å². The molecule has 1 rings (SSSR count). The van der Waals surface area contributed by atoms with E-state index in [0.717, 1.165) is 13.0 Å². The van der Waals surface area contributed by atoms with Crippen LogP contribution in [-0.2, 0) is 0 Å². The molecule has 98 valence electrons. The molecule has 2 heteroatoms. The third kappa shape index (κ3) is 4.79. The Balaban J connectivity index is 2.58. The third-order valence-corrected chi connectivity index (χ3v) is 3.24. The van der Waals surface area contributed by atoms with Gasteiger partial charge in [0.15, 0.2) is 0 Å². The zero-order chi connectivity index (χ0) is 13.6. The van der Waals surface area contributed by atoms with Crippen LogP contribution in [0.4, 0.5) is 5.69 Å². The Morgan fingerprint density at radius 1 is 1.33 bits per heavy atom. The summed E-state index contributed by atoms with van der Waals surface area (Å²) in [7, 11) is 0. The van der Waals surface area contributed by atoms with Crippen molar-refractivity contribution >= 4 is 5.69 Å². The van der Waals surface area contributed by atoms with Crippen LogP contribution in [-0.4, -0.2) is 6.54 Å². The lowest BCUT2D eigenvalue weighted by molar-refractivity contribution is 0.364. The molecule has 0 aliphatic rings. The van der Waals surface area contributed by atoms with Gasteiger partial charge in [-0.2, -0.15) is 5.26 Å². The molecule has 1 aromatic carbocycles. The molecule has 0 heterocycles. The number of anilines is 1. The molecule has 0 aliphatic carbocycles. The smallest absolute Gasteiger partial charge is 0.0621 e. The fourth-order valence-electron chi connectivity index (χ4n) is 1.83. The minimum atomic E-state index is 0.156. The average molecular weight is 244 g/mol. The van der Waals surface area contributed by atoms with Crippen molar-refractivity contribution in [2.24, 2.45) is 5.41 Å². The second kappa shape index (κ2) is 6.44. The molecule has 0 aliphatic heterocycles. The Morgan fingerprint density at radius 2 is 2.06 bits per heavy atom. The van der Waals surface area contributed by atoms with Gasteiger partial charge >= 0.3 is 0 Å². The van der Waals surface area contributed by atoms with Gasteiger partial charge in [-0.3, -0.25) is 0 Å². The molecule has 0 radical (unpaired) electrons. The maximum absolute atomic E-state index is 8.64. The van der Waals surface area contributed by atoms with Crippen molar-refractivity contribution in [3.63, 3.8) is 0 Å². The summed E-state index contributed by atoms with van der Waals surface area (Å²) in [4.78, 5) is 0. The average Bonchev–Trinajstić information content (AvgIpc) is 2.34. The van der Waals surface area contributed by atoms with E-state index in [-0.39, 0.29) is 5.41 Å². The van der Waals surface area contributed by atoms with Crippen molar-refractivity contribution in [1.82, 2.24) is 0 Å². The molecule has 0 saturated heterocycles. The zero-order valence-electron chi connectivity index (χ0n) is 12.0. The Hall–Kier alpha value is -1.49. The van der Waals surface area contributed by atoms with E-state index in [1.807, 2.05) is 0 Å². The molecule has 18 heavy (non-hydrogen) atoms. The minimum absolute atomic E-state index is 0.156. The van der Waals surface area contributed by atoms with Gasteiger partial charge in [-0.15, -0.1) is 0 Å². The van der Waals surface area contributed by atoms with Gasteiger partial charge in [-0.1, -0.05) is 39.8 Å². The number of nitrogens with one attached hydrogen (secondary N) is 1. The van der Waals surface area contributed by atoms with Crippen LogP contribution in [0.25, 0.3) is 0 Å². The van der Waals surface area contributed by atoms with Crippen molar-refractivity contribution in [3.05, 3.63) is 29.8 Å². The molecular formula is C16H24N2. The summed E-state index contributed by atoms with van der Waals surface area (Å²) in [6, 6.07) is 10.8. The second-order valence-electron chi connectivity index (χ2n) is 5.96. The number of rotatable bonds is 6. The van der Waals surface area contributed by atoms with Crippen LogP contribution >= 0.6 is 0 Å². The molecule has 0 fully saturated rings. The van der Waals surface area contributed by atoms with Gasteiger partial charge in [-0.25, -0.2) is 0 Å². The SMILES string of the molecule is CC(C)c1cccc(NCC(C)(C)CCC#N)c1. The Kier molecular flexibility index (Phi) is 5.22.